The largest absolute Gasteiger partial charge is 0.381 e. The maximum atomic E-state index is 6.11. The highest BCUT2D eigenvalue weighted by molar-refractivity contribution is 6.20. The van der Waals surface area contributed by atoms with Crippen LogP contribution in [0.3, 0.4) is 0 Å². The van der Waals surface area contributed by atoms with Gasteiger partial charge < -0.3 is 4.74 Å². The van der Waals surface area contributed by atoms with Gasteiger partial charge in [0.1, 0.15) is 0 Å². The molecule has 72 valence electrons. The van der Waals surface area contributed by atoms with Gasteiger partial charge in [-0.3, -0.25) is 0 Å². The first-order chi connectivity index (χ1) is 5.75. The Bertz CT molecular complexity index is 127. The predicted octanol–water partition coefficient (Wildman–Crippen LogP) is 3.07. The van der Waals surface area contributed by atoms with Gasteiger partial charge in [-0.2, -0.15) is 0 Å². The molecule has 0 heterocycles. The van der Waals surface area contributed by atoms with Crippen LogP contribution in [0.5, 0.6) is 0 Å². The van der Waals surface area contributed by atoms with Crippen molar-refractivity contribution in [2.24, 2.45) is 11.8 Å². The van der Waals surface area contributed by atoms with Crippen LogP contribution in [0.4, 0.5) is 0 Å². The summed E-state index contributed by atoms with van der Waals surface area (Å²) in [5.41, 5.74) is 0. The summed E-state index contributed by atoms with van der Waals surface area (Å²) in [6.45, 7) is 6.20. The van der Waals surface area contributed by atoms with E-state index in [1.54, 1.807) is 0 Å². The number of halogens is 1. The van der Waals surface area contributed by atoms with Gasteiger partial charge in [-0.15, -0.1) is 11.6 Å². The lowest BCUT2D eigenvalue weighted by atomic mass is 9.99. The van der Waals surface area contributed by atoms with Crippen molar-refractivity contribution >= 4 is 11.6 Å². The molecule has 1 nitrogen and oxygen atoms in total. The van der Waals surface area contributed by atoms with E-state index in [2.05, 4.69) is 13.8 Å². The summed E-state index contributed by atoms with van der Waals surface area (Å²) in [6, 6.07) is 0. The fraction of sp³-hybridized carbons (Fsp3) is 1.00. The Kier molecular flexibility index (Phi) is 4.38. The molecule has 12 heavy (non-hydrogen) atoms. The van der Waals surface area contributed by atoms with Crippen molar-refractivity contribution in [3.8, 4) is 0 Å². The van der Waals surface area contributed by atoms with E-state index in [-0.39, 0.29) is 0 Å². The molecule has 0 saturated heterocycles. The second-order valence-electron chi connectivity index (χ2n) is 3.79. The Morgan fingerprint density at radius 3 is 2.67 bits per heavy atom. The number of alkyl halides is 1. The Labute approximate surface area is 80.4 Å². The second-order valence-corrected chi connectivity index (χ2v) is 4.35. The van der Waals surface area contributed by atoms with Crippen LogP contribution in [0, 0.1) is 11.8 Å². The Hall–Kier alpha value is 0.250. The molecule has 3 atom stereocenters. The fourth-order valence-electron chi connectivity index (χ4n) is 1.81. The maximum absolute atomic E-state index is 6.11. The van der Waals surface area contributed by atoms with E-state index in [9.17, 15) is 0 Å². The minimum atomic E-state index is 0.389. The van der Waals surface area contributed by atoms with Crippen molar-refractivity contribution in [3.05, 3.63) is 0 Å². The van der Waals surface area contributed by atoms with Crippen molar-refractivity contribution in [2.75, 3.05) is 13.2 Å². The lowest BCUT2D eigenvalue weighted by molar-refractivity contribution is 0.0893. The molecule has 1 fully saturated rings. The Morgan fingerprint density at radius 2 is 2.17 bits per heavy atom. The predicted molar refractivity (Wildman–Crippen MR) is 52.6 cm³/mol. The molecule has 0 bridgehead atoms. The molecule has 1 saturated carbocycles. The van der Waals surface area contributed by atoms with Crippen LogP contribution < -0.4 is 0 Å². The van der Waals surface area contributed by atoms with Gasteiger partial charge in [0.2, 0.25) is 0 Å². The molecular formula is C10H19ClO. The molecule has 1 rings (SSSR count). The number of hydrogen-bond acceptors (Lipinski definition) is 1. The third-order valence-corrected chi connectivity index (χ3v) is 3.42. The molecule has 0 aromatic carbocycles. The molecule has 0 spiro atoms. The van der Waals surface area contributed by atoms with Gasteiger partial charge in [0.15, 0.2) is 0 Å². The zero-order valence-electron chi connectivity index (χ0n) is 8.05. The molecular weight excluding hydrogens is 172 g/mol. The summed E-state index contributed by atoms with van der Waals surface area (Å²) < 4.78 is 5.53. The normalized spacial score (nSPS) is 35.8. The SMILES string of the molecule is CCCOCC1CCC(Cl)C1C. The lowest BCUT2D eigenvalue weighted by Gasteiger charge is -2.16. The standard InChI is InChI=1S/C10H19ClO/c1-3-6-12-7-9-4-5-10(11)8(9)2/h8-10H,3-7H2,1-2H3. The minimum absolute atomic E-state index is 0.389. The van der Waals surface area contributed by atoms with Gasteiger partial charge in [-0.1, -0.05) is 13.8 Å². The Morgan fingerprint density at radius 1 is 1.42 bits per heavy atom. The third kappa shape index (κ3) is 2.63. The van der Waals surface area contributed by atoms with Crippen LogP contribution in [-0.2, 0) is 4.74 Å². The average Bonchev–Trinajstić information content (AvgIpc) is 2.36. The van der Waals surface area contributed by atoms with Gasteiger partial charge in [0.05, 0.1) is 0 Å². The quantitative estimate of drug-likeness (QED) is 0.489. The van der Waals surface area contributed by atoms with Crippen molar-refractivity contribution < 1.29 is 4.74 Å². The minimum Gasteiger partial charge on any atom is -0.381 e. The van der Waals surface area contributed by atoms with E-state index in [1.165, 1.54) is 12.8 Å². The fourth-order valence-corrected chi connectivity index (χ4v) is 2.14. The molecule has 2 heteroatoms. The van der Waals surface area contributed by atoms with Crippen LogP contribution in [0.2, 0.25) is 0 Å². The zero-order valence-corrected chi connectivity index (χ0v) is 8.81. The maximum Gasteiger partial charge on any atom is 0.0497 e. The van der Waals surface area contributed by atoms with Crippen LogP contribution in [0.1, 0.15) is 33.1 Å². The van der Waals surface area contributed by atoms with Gasteiger partial charge in [0, 0.05) is 18.6 Å². The van der Waals surface area contributed by atoms with Gasteiger partial charge in [0.25, 0.3) is 0 Å². The molecule has 0 N–H and O–H groups in total. The molecule has 1 aliphatic rings. The highest BCUT2D eigenvalue weighted by Crippen LogP contribution is 2.35. The summed E-state index contributed by atoms with van der Waals surface area (Å²) in [4.78, 5) is 0. The number of rotatable bonds is 4. The molecule has 0 aromatic heterocycles. The first-order valence-electron chi connectivity index (χ1n) is 4.97. The monoisotopic (exact) mass is 190 g/mol. The van der Waals surface area contributed by atoms with E-state index >= 15 is 0 Å². The topological polar surface area (TPSA) is 9.23 Å². The third-order valence-electron chi connectivity index (χ3n) is 2.81. The highest BCUT2D eigenvalue weighted by Gasteiger charge is 2.31. The first kappa shape index (κ1) is 10.3. The van der Waals surface area contributed by atoms with E-state index in [0.717, 1.165) is 19.6 Å². The van der Waals surface area contributed by atoms with E-state index in [4.69, 9.17) is 16.3 Å². The van der Waals surface area contributed by atoms with E-state index < -0.39 is 0 Å². The summed E-state index contributed by atoms with van der Waals surface area (Å²) in [5.74, 6) is 1.35. The second kappa shape index (κ2) is 5.08. The van der Waals surface area contributed by atoms with Crippen LogP contribution in [-0.4, -0.2) is 18.6 Å². The summed E-state index contributed by atoms with van der Waals surface area (Å²) in [6.07, 6.45) is 3.54. The van der Waals surface area contributed by atoms with Crippen molar-refractivity contribution in [3.63, 3.8) is 0 Å². The highest BCUT2D eigenvalue weighted by atomic mass is 35.5. The first-order valence-corrected chi connectivity index (χ1v) is 5.41. The van der Waals surface area contributed by atoms with Crippen LogP contribution >= 0.6 is 11.6 Å². The molecule has 0 radical (unpaired) electrons. The van der Waals surface area contributed by atoms with Crippen LogP contribution in [0.25, 0.3) is 0 Å². The van der Waals surface area contributed by atoms with Gasteiger partial charge >= 0.3 is 0 Å². The van der Waals surface area contributed by atoms with Gasteiger partial charge in [-0.25, -0.2) is 0 Å². The number of hydrogen-bond donors (Lipinski definition) is 0. The van der Waals surface area contributed by atoms with Crippen molar-refractivity contribution in [1.82, 2.24) is 0 Å². The molecule has 0 aliphatic heterocycles. The zero-order chi connectivity index (χ0) is 8.97. The molecule has 0 amide bonds. The lowest BCUT2D eigenvalue weighted by Crippen LogP contribution is -2.16. The smallest absolute Gasteiger partial charge is 0.0497 e. The van der Waals surface area contributed by atoms with E-state index in [1.807, 2.05) is 0 Å². The van der Waals surface area contributed by atoms with Crippen molar-refractivity contribution in [2.45, 2.75) is 38.5 Å². The summed E-state index contributed by atoms with van der Waals surface area (Å²) in [7, 11) is 0. The molecule has 0 aromatic rings. The Balaban J connectivity index is 2.16. The van der Waals surface area contributed by atoms with Crippen LogP contribution in [0.15, 0.2) is 0 Å². The van der Waals surface area contributed by atoms with Crippen molar-refractivity contribution in [1.29, 1.82) is 0 Å². The average molecular weight is 191 g/mol. The van der Waals surface area contributed by atoms with E-state index in [0.29, 0.717) is 17.2 Å². The summed E-state index contributed by atoms with van der Waals surface area (Å²) >= 11 is 6.11. The number of ether oxygens (including phenoxy) is 1. The molecule has 3 unspecified atom stereocenters. The molecule has 1 aliphatic carbocycles. The van der Waals surface area contributed by atoms with Gasteiger partial charge in [-0.05, 0) is 31.1 Å². The summed E-state index contributed by atoms with van der Waals surface area (Å²) in [5, 5.41) is 0.389.